The number of nitrogen functional groups attached to an aromatic ring is 1. The number of pyridine rings is 1. The number of hydrogen-bond donors (Lipinski definition) is 4. The molecule has 0 aliphatic carbocycles. The Labute approximate surface area is 451 Å². The van der Waals surface area contributed by atoms with Crippen LogP contribution in [0.2, 0.25) is 0 Å². The number of benzene rings is 2. The van der Waals surface area contributed by atoms with Crippen LogP contribution in [0.25, 0.3) is 21.7 Å². The number of carbonyl (C=O) groups excluding carboxylic acids is 2. The Hall–Kier alpha value is -6.51. The van der Waals surface area contributed by atoms with Gasteiger partial charge in [0.05, 0.1) is 51.2 Å². The number of rotatable bonds is 18. The molecule has 3 unspecified atom stereocenters. The molecule has 0 spiro atoms. The second kappa shape index (κ2) is 26.5. The average molecular weight is 1060 g/mol. The Bertz CT molecular complexity index is 2790. The molecule has 10 rings (SSSR count). The maximum absolute atomic E-state index is 12.4. The molecule has 2 aromatic carbocycles. The van der Waals surface area contributed by atoms with Gasteiger partial charge in [0, 0.05) is 94.6 Å². The summed E-state index contributed by atoms with van der Waals surface area (Å²) in [6.45, 7) is 17.3. The molecule has 4 aliphatic rings. The number of likely N-dealkylation sites (tertiary alicyclic amines) is 1. The van der Waals surface area contributed by atoms with Gasteiger partial charge in [-0.1, -0.05) is 55.4 Å². The van der Waals surface area contributed by atoms with Gasteiger partial charge in [0.25, 0.3) is 0 Å². The van der Waals surface area contributed by atoms with Gasteiger partial charge in [-0.3, -0.25) is 14.6 Å². The number of aromatic nitrogens is 5. The summed E-state index contributed by atoms with van der Waals surface area (Å²) in [4.78, 5) is 45.8. The minimum Gasteiger partial charge on any atom is -0.507 e. The summed E-state index contributed by atoms with van der Waals surface area (Å²) in [5.41, 5.74) is 15.8. The Morgan fingerprint density at radius 1 is 0.921 bits per heavy atom. The van der Waals surface area contributed by atoms with Gasteiger partial charge in [0.15, 0.2) is 5.82 Å². The number of phenols is 1. The molecule has 2 bridgehead atoms. The molecule has 5 N–H and O–H groups in total. The molecule has 406 valence electrons. The van der Waals surface area contributed by atoms with E-state index < -0.39 is 0 Å². The van der Waals surface area contributed by atoms with Crippen LogP contribution in [0.4, 0.5) is 17.2 Å². The summed E-state index contributed by atoms with van der Waals surface area (Å²) < 4.78 is 11.7. The predicted octanol–water partition coefficient (Wildman–Crippen LogP) is 7.24. The number of carbonyl (C=O) groups is 2. The number of thiazole rings is 1. The number of aliphatic hydroxyl groups is 1. The van der Waals surface area contributed by atoms with Crippen molar-refractivity contribution in [3.05, 3.63) is 107 Å². The standard InChI is InChI=1S/C38H49N9O4.C18H23N3OS.CH4O/c1-26(2)32(25-48)36-20-27(43-51-36)6-5-13-44-14-16-45(17-15-44)18-19-50-37-21-28(11-12-40-37)47-29-9-10-30(47)24-46(23-29)34-22-33(41-42-38(34)39)31-7-3-4-8-35(31)49;1-12(20-18(22)16-5-4-10-21(16)3)14-6-8-15(9-7-14)17-13(2)19-11-23-17;1-2/h3-4,7-8,11-12,20-22,25-26,29-30,32,49H,5-6,9-10,13-19,23-24H2,1-2H3,(H2,39,42);6-9,11-12,16H,4-5,10H2,1-3H3,(H,20,22);2H,1H3/t;12-,16-;/m.0./s1. The lowest BCUT2D eigenvalue weighted by Crippen LogP contribution is -2.54. The number of hydrogen-bond acceptors (Lipinski definition) is 18. The van der Waals surface area contributed by atoms with E-state index in [2.05, 4.69) is 91.5 Å². The third kappa shape index (κ3) is 13.7. The minimum absolute atomic E-state index is 0.0214. The van der Waals surface area contributed by atoms with E-state index in [0.717, 1.165) is 139 Å². The van der Waals surface area contributed by atoms with E-state index in [1.807, 2.05) is 70.7 Å². The number of aliphatic hydroxyl groups excluding tert-OH is 1. The van der Waals surface area contributed by atoms with Gasteiger partial charge in [-0.25, -0.2) is 9.97 Å². The van der Waals surface area contributed by atoms with Crippen LogP contribution in [-0.4, -0.2) is 160 Å². The number of nitrogens with one attached hydrogen (secondary N) is 1. The molecular weight excluding hydrogens is 981 g/mol. The Balaban J connectivity index is 0.000000255. The molecule has 0 radical (unpaired) electrons. The van der Waals surface area contributed by atoms with Crippen LogP contribution in [-0.2, 0) is 16.0 Å². The monoisotopic (exact) mass is 1060 g/mol. The zero-order valence-corrected chi connectivity index (χ0v) is 45.7. The summed E-state index contributed by atoms with van der Waals surface area (Å²) >= 11 is 1.66. The number of ether oxygens (including phenoxy) is 1. The summed E-state index contributed by atoms with van der Waals surface area (Å²) in [5.74, 6) is 2.00. The van der Waals surface area contributed by atoms with Gasteiger partial charge in [0.2, 0.25) is 11.8 Å². The van der Waals surface area contributed by atoms with Crippen LogP contribution in [0.1, 0.15) is 87.5 Å². The zero-order chi connectivity index (χ0) is 53.7. The normalized spacial score (nSPS) is 19.6. The molecule has 4 aromatic heterocycles. The lowest BCUT2D eigenvalue weighted by molar-refractivity contribution is -0.125. The van der Waals surface area contributed by atoms with Crippen LogP contribution in [0, 0.1) is 12.8 Å². The molecule has 0 saturated carbocycles. The maximum Gasteiger partial charge on any atom is 0.237 e. The fourth-order valence-electron chi connectivity index (χ4n) is 10.9. The van der Waals surface area contributed by atoms with Crippen molar-refractivity contribution >= 4 is 40.7 Å². The average Bonchev–Trinajstić information content (AvgIpc) is 4.27. The van der Waals surface area contributed by atoms with Crippen LogP contribution in [0.3, 0.4) is 0 Å². The summed E-state index contributed by atoms with van der Waals surface area (Å²) in [5, 5.41) is 33.2. The van der Waals surface area contributed by atoms with E-state index in [-0.39, 0.29) is 35.6 Å². The number of nitrogens with zero attached hydrogens (tertiary/aromatic N) is 10. The second-order valence-corrected chi connectivity index (χ2v) is 21.4. The molecule has 19 heteroatoms. The largest absolute Gasteiger partial charge is 0.507 e. The highest BCUT2D eigenvalue weighted by Gasteiger charge is 2.41. The van der Waals surface area contributed by atoms with Crippen molar-refractivity contribution < 1.29 is 29.1 Å². The molecule has 8 heterocycles. The topological polar surface area (TPSA) is 216 Å². The van der Waals surface area contributed by atoms with Gasteiger partial charge in [-0.15, -0.1) is 21.5 Å². The number of aldehydes is 1. The predicted molar refractivity (Wildman–Crippen MR) is 299 cm³/mol. The number of phenolic OH excluding ortho intramolecular Hbond substituents is 1. The van der Waals surface area contributed by atoms with Gasteiger partial charge in [-0.2, -0.15) is 0 Å². The van der Waals surface area contributed by atoms with Crippen LogP contribution in [0.5, 0.6) is 11.6 Å². The number of fused-ring (bicyclic) bond motifs is 2. The highest BCUT2D eigenvalue weighted by molar-refractivity contribution is 7.13. The van der Waals surface area contributed by atoms with Crippen LogP contribution >= 0.6 is 11.3 Å². The quantitative estimate of drug-likeness (QED) is 0.0624. The van der Waals surface area contributed by atoms with E-state index in [4.69, 9.17) is 20.1 Å². The number of piperazine rings is 2. The SMILES string of the molecule is CC(C)C(C=O)c1cc(CCCN2CCN(CCOc3cc(N4C5CCC4CN(c4cc(-c6ccccc6O)nnc4N)C5)ccn3)CC2)no1.CO.Cc1ncsc1-c1ccc([C@H](C)NC(=O)[C@@H]2CCCN2C)cc1. The first kappa shape index (κ1) is 55.7. The van der Waals surface area contributed by atoms with Gasteiger partial charge in [0.1, 0.15) is 24.4 Å². The maximum atomic E-state index is 12.4. The second-order valence-electron chi connectivity index (χ2n) is 20.6. The summed E-state index contributed by atoms with van der Waals surface area (Å²) in [6.07, 6.45) is 8.92. The Morgan fingerprint density at radius 2 is 1.64 bits per heavy atom. The number of likely N-dealkylation sites (N-methyl/N-ethyl adjacent to an activating group) is 1. The fraction of sp³-hybridized carbons (Fsp3) is 0.491. The van der Waals surface area contributed by atoms with Gasteiger partial charge < -0.3 is 50.0 Å². The number of para-hydroxylation sites is 1. The molecule has 4 saturated heterocycles. The molecule has 18 nitrogen and oxygen atoms in total. The molecule has 6 aromatic rings. The number of amides is 1. The van der Waals surface area contributed by atoms with Crippen molar-refractivity contribution in [3.8, 4) is 33.3 Å². The molecule has 4 fully saturated rings. The minimum atomic E-state index is -0.231. The van der Waals surface area contributed by atoms with Crippen LogP contribution in [0.15, 0.2) is 89.0 Å². The lowest BCUT2D eigenvalue weighted by atomic mass is 9.94. The Morgan fingerprint density at radius 3 is 2.30 bits per heavy atom. The van der Waals surface area contributed by atoms with E-state index in [1.54, 1.807) is 23.5 Å². The molecule has 4 aliphatic heterocycles. The first-order valence-corrected chi connectivity index (χ1v) is 27.6. The van der Waals surface area contributed by atoms with Crippen molar-refractivity contribution in [3.63, 3.8) is 0 Å². The van der Waals surface area contributed by atoms with Gasteiger partial charge in [-0.05, 0) is 114 Å². The number of aromatic hydroxyl groups is 1. The highest BCUT2D eigenvalue weighted by Crippen LogP contribution is 2.40. The van der Waals surface area contributed by atoms with E-state index in [0.29, 0.717) is 47.4 Å². The molecular formula is C57H76N12O6S. The molecule has 1 amide bonds. The smallest absolute Gasteiger partial charge is 0.237 e. The van der Waals surface area contributed by atoms with Crippen molar-refractivity contribution in [2.24, 2.45) is 5.92 Å². The van der Waals surface area contributed by atoms with Crippen molar-refractivity contribution in [1.29, 1.82) is 0 Å². The summed E-state index contributed by atoms with van der Waals surface area (Å²) in [7, 11) is 3.02. The molecule has 5 atom stereocenters. The summed E-state index contributed by atoms with van der Waals surface area (Å²) in [6, 6.07) is 24.3. The van der Waals surface area contributed by atoms with Crippen molar-refractivity contribution in [2.75, 3.05) is 95.2 Å². The van der Waals surface area contributed by atoms with E-state index in [9.17, 15) is 14.7 Å². The van der Waals surface area contributed by atoms with E-state index in [1.165, 1.54) is 10.4 Å². The van der Waals surface area contributed by atoms with Gasteiger partial charge >= 0.3 is 0 Å². The number of anilines is 3. The zero-order valence-electron chi connectivity index (χ0n) is 44.9. The third-order valence-corrected chi connectivity index (χ3v) is 16.2. The highest BCUT2D eigenvalue weighted by atomic mass is 32.1. The number of nitrogens with two attached hydrogens (primary N) is 1. The first-order valence-electron chi connectivity index (χ1n) is 26.8. The van der Waals surface area contributed by atoms with E-state index >= 15 is 0 Å². The lowest BCUT2D eigenvalue weighted by Gasteiger charge is -2.43. The fourth-order valence-corrected chi connectivity index (χ4v) is 11.7. The van der Waals surface area contributed by atoms with Crippen molar-refractivity contribution in [2.45, 2.75) is 96.3 Å². The molecule has 76 heavy (non-hydrogen) atoms. The third-order valence-electron chi connectivity index (χ3n) is 15.2. The van der Waals surface area contributed by atoms with Crippen molar-refractivity contribution in [1.82, 2.24) is 45.3 Å². The first-order chi connectivity index (χ1) is 36.9. The van der Waals surface area contributed by atoms with Crippen LogP contribution < -0.4 is 25.6 Å². The number of aryl methyl sites for hydroxylation is 2. The Kier molecular flexibility index (Phi) is 19.4.